The summed E-state index contributed by atoms with van der Waals surface area (Å²) in [7, 11) is 0. The molecule has 2 fully saturated rings. The minimum absolute atomic E-state index is 0.0562. The minimum atomic E-state index is -0.942. The van der Waals surface area contributed by atoms with Crippen molar-refractivity contribution in [3.8, 4) is 0 Å². The molecule has 0 saturated carbocycles. The summed E-state index contributed by atoms with van der Waals surface area (Å²) in [6.45, 7) is 4.23. The Morgan fingerprint density at radius 1 is 1.00 bits per heavy atom. The first kappa shape index (κ1) is 19.4. The lowest BCUT2D eigenvalue weighted by atomic mass is 9.84. The lowest BCUT2D eigenvalue weighted by molar-refractivity contribution is -0.136. The third-order valence-corrected chi connectivity index (χ3v) is 7.23. The summed E-state index contributed by atoms with van der Waals surface area (Å²) in [5.74, 6) is -1.90. The van der Waals surface area contributed by atoms with Crippen molar-refractivity contribution in [3.05, 3.63) is 58.9 Å². The molecule has 4 aliphatic heterocycles. The van der Waals surface area contributed by atoms with Crippen LogP contribution in [0, 0.1) is 0 Å². The standard InChI is InChI=1S/C23H23N5O4/c29-19-6-5-17(20(30)25-19)28-21(31)15-4-3-14(10-16(15)22(28)32)11-27-9-8-26-7-1-2-18(26)23(27)12-24-13-23/h1-4,7,10,17,24H,5-6,8-9,11-13H2,(H,25,29,30). The lowest BCUT2D eigenvalue weighted by Gasteiger charge is -2.53. The average molecular weight is 433 g/mol. The van der Waals surface area contributed by atoms with Crippen molar-refractivity contribution < 1.29 is 19.2 Å². The van der Waals surface area contributed by atoms with Gasteiger partial charge in [0.2, 0.25) is 11.8 Å². The number of hydrogen-bond acceptors (Lipinski definition) is 6. The molecule has 1 unspecified atom stereocenters. The van der Waals surface area contributed by atoms with Gasteiger partial charge in [-0.05, 0) is 36.2 Å². The van der Waals surface area contributed by atoms with Gasteiger partial charge < -0.3 is 9.88 Å². The fourth-order valence-corrected chi connectivity index (χ4v) is 5.47. The molecule has 1 atom stereocenters. The van der Waals surface area contributed by atoms with Gasteiger partial charge in [0.05, 0.1) is 16.7 Å². The van der Waals surface area contributed by atoms with E-state index in [1.54, 1.807) is 12.1 Å². The molecule has 2 aromatic rings. The highest BCUT2D eigenvalue weighted by Crippen LogP contribution is 2.37. The quantitative estimate of drug-likeness (QED) is 0.671. The van der Waals surface area contributed by atoms with Crippen LogP contribution in [-0.4, -0.2) is 63.7 Å². The smallest absolute Gasteiger partial charge is 0.262 e. The van der Waals surface area contributed by atoms with Crippen LogP contribution in [0.1, 0.15) is 44.8 Å². The Kier molecular flexibility index (Phi) is 4.15. The van der Waals surface area contributed by atoms with Crippen LogP contribution < -0.4 is 10.6 Å². The second-order valence-corrected chi connectivity index (χ2v) is 8.97. The van der Waals surface area contributed by atoms with Gasteiger partial charge >= 0.3 is 0 Å². The molecule has 0 radical (unpaired) electrons. The molecule has 164 valence electrons. The van der Waals surface area contributed by atoms with E-state index >= 15 is 0 Å². The van der Waals surface area contributed by atoms with Gasteiger partial charge in [-0.2, -0.15) is 0 Å². The highest BCUT2D eigenvalue weighted by molar-refractivity contribution is 6.23. The van der Waals surface area contributed by atoms with E-state index < -0.39 is 23.8 Å². The van der Waals surface area contributed by atoms with Gasteiger partial charge in [-0.3, -0.25) is 34.3 Å². The number of rotatable bonds is 3. The minimum Gasteiger partial charge on any atom is -0.348 e. The number of nitrogens with zero attached hydrogens (tertiary/aromatic N) is 3. The van der Waals surface area contributed by atoms with Crippen molar-refractivity contribution in [3.63, 3.8) is 0 Å². The van der Waals surface area contributed by atoms with Crippen molar-refractivity contribution in [2.24, 2.45) is 0 Å². The number of carbonyl (C=O) groups is 4. The molecule has 6 rings (SSSR count). The number of piperidine rings is 1. The highest BCUT2D eigenvalue weighted by atomic mass is 16.2. The molecule has 2 saturated heterocycles. The summed E-state index contributed by atoms with van der Waals surface area (Å²) in [5.41, 5.74) is 2.86. The Morgan fingerprint density at radius 2 is 1.81 bits per heavy atom. The predicted molar refractivity (Wildman–Crippen MR) is 113 cm³/mol. The van der Waals surface area contributed by atoms with Crippen LogP contribution in [0.15, 0.2) is 36.5 Å². The monoisotopic (exact) mass is 433 g/mol. The lowest BCUT2D eigenvalue weighted by Crippen LogP contribution is -2.68. The van der Waals surface area contributed by atoms with Crippen LogP contribution in [0.3, 0.4) is 0 Å². The van der Waals surface area contributed by atoms with Crippen molar-refractivity contribution in [2.45, 2.75) is 37.5 Å². The SMILES string of the molecule is O=C1CCC(N2C(=O)c3ccc(CN4CCn5cccc5C45CNC5)cc3C2=O)C(=O)N1. The Bertz CT molecular complexity index is 1180. The fourth-order valence-electron chi connectivity index (χ4n) is 5.47. The zero-order valence-electron chi connectivity index (χ0n) is 17.5. The second-order valence-electron chi connectivity index (χ2n) is 8.97. The van der Waals surface area contributed by atoms with Gasteiger partial charge in [-0.15, -0.1) is 0 Å². The van der Waals surface area contributed by atoms with Gasteiger partial charge in [-0.25, -0.2) is 0 Å². The van der Waals surface area contributed by atoms with E-state index in [9.17, 15) is 19.2 Å². The van der Waals surface area contributed by atoms with Gasteiger partial charge in [-0.1, -0.05) is 6.07 Å². The van der Waals surface area contributed by atoms with E-state index in [1.807, 2.05) is 6.07 Å². The largest absolute Gasteiger partial charge is 0.348 e. The normalized spacial score (nSPS) is 24.4. The molecule has 9 nitrogen and oxygen atoms in total. The number of amides is 4. The van der Waals surface area contributed by atoms with Crippen molar-refractivity contribution >= 4 is 23.6 Å². The number of fused-ring (bicyclic) bond motifs is 3. The van der Waals surface area contributed by atoms with Gasteiger partial charge in [0.25, 0.3) is 11.8 Å². The molecular weight excluding hydrogens is 410 g/mol. The van der Waals surface area contributed by atoms with E-state index in [1.165, 1.54) is 5.69 Å². The van der Waals surface area contributed by atoms with E-state index in [2.05, 4.69) is 38.4 Å². The first-order chi connectivity index (χ1) is 15.5. The maximum atomic E-state index is 13.1. The molecule has 1 aromatic carbocycles. The van der Waals surface area contributed by atoms with Crippen LogP contribution in [0.2, 0.25) is 0 Å². The summed E-state index contributed by atoms with van der Waals surface area (Å²) in [4.78, 5) is 53.2. The van der Waals surface area contributed by atoms with Gasteiger partial charge in [0.1, 0.15) is 6.04 Å². The molecule has 4 amide bonds. The number of benzene rings is 1. The highest BCUT2D eigenvalue weighted by Gasteiger charge is 2.48. The zero-order chi connectivity index (χ0) is 22.0. The molecule has 1 spiro atoms. The summed E-state index contributed by atoms with van der Waals surface area (Å²) >= 11 is 0. The number of imide groups is 2. The Morgan fingerprint density at radius 3 is 2.56 bits per heavy atom. The maximum absolute atomic E-state index is 13.1. The fraction of sp³-hybridized carbons (Fsp3) is 0.391. The molecular formula is C23H23N5O4. The Hall–Kier alpha value is -3.30. The predicted octanol–water partition coefficient (Wildman–Crippen LogP) is 0.204. The van der Waals surface area contributed by atoms with Gasteiger partial charge in [0.15, 0.2) is 0 Å². The van der Waals surface area contributed by atoms with Crippen LogP contribution >= 0.6 is 0 Å². The number of carbonyl (C=O) groups excluding carboxylic acids is 4. The first-order valence-electron chi connectivity index (χ1n) is 10.9. The van der Waals surface area contributed by atoms with Gasteiger partial charge in [0, 0.05) is 51.0 Å². The second kappa shape index (κ2) is 6.85. The molecule has 32 heavy (non-hydrogen) atoms. The number of aromatic nitrogens is 1. The average Bonchev–Trinajstić information content (AvgIpc) is 3.31. The molecule has 0 bridgehead atoms. The molecule has 9 heteroatoms. The first-order valence-corrected chi connectivity index (χ1v) is 10.9. The summed E-state index contributed by atoms with van der Waals surface area (Å²) in [6, 6.07) is 8.69. The molecule has 5 heterocycles. The van der Waals surface area contributed by atoms with Crippen LogP contribution in [0.5, 0.6) is 0 Å². The van der Waals surface area contributed by atoms with E-state index in [4.69, 9.17) is 0 Å². The summed E-state index contributed by atoms with van der Waals surface area (Å²) in [5, 5.41) is 5.63. The Balaban J connectivity index is 1.27. The molecule has 2 N–H and O–H groups in total. The summed E-state index contributed by atoms with van der Waals surface area (Å²) < 4.78 is 2.31. The van der Waals surface area contributed by atoms with E-state index in [0.717, 1.165) is 36.6 Å². The van der Waals surface area contributed by atoms with Crippen LogP contribution in [-0.2, 0) is 28.2 Å². The number of nitrogens with one attached hydrogen (secondary N) is 2. The van der Waals surface area contributed by atoms with Crippen molar-refractivity contribution in [2.75, 3.05) is 19.6 Å². The van der Waals surface area contributed by atoms with E-state index in [-0.39, 0.29) is 24.3 Å². The maximum Gasteiger partial charge on any atom is 0.262 e. The molecule has 4 aliphatic rings. The zero-order valence-corrected chi connectivity index (χ0v) is 17.5. The van der Waals surface area contributed by atoms with Crippen molar-refractivity contribution in [1.82, 2.24) is 25.0 Å². The topological polar surface area (TPSA) is 104 Å². The third kappa shape index (κ3) is 2.64. The third-order valence-electron chi connectivity index (χ3n) is 7.23. The molecule has 0 aliphatic carbocycles. The van der Waals surface area contributed by atoms with Crippen LogP contribution in [0.4, 0.5) is 0 Å². The van der Waals surface area contributed by atoms with Crippen LogP contribution in [0.25, 0.3) is 0 Å². The van der Waals surface area contributed by atoms with E-state index in [0.29, 0.717) is 17.7 Å². The molecule has 1 aromatic heterocycles. The Labute approximate surface area is 184 Å². The van der Waals surface area contributed by atoms with Crippen molar-refractivity contribution in [1.29, 1.82) is 0 Å². The number of hydrogen-bond donors (Lipinski definition) is 2. The summed E-state index contributed by atoms with van der Waals surface area (Å²) in [6.07, 6.45) is 2.39.